The lowest BCUT2D eigenvalue weighted by molar-refractivity contribution is -0.384. The van der Waals surface area contributed by atoms with Crippen LogP contribution in [0.4, 0.5) is 5.69 Å². The van der Waals surface area contributed by atoms with E-state index in [9.17, 15) is 14.9 Å². The quantitative estimate of drug-likeness (QED) is 0.271. The summed E-state index contributed by atoms with van der Waals surface area (Å²) in [6.07, 6.45) is 0.168. The maximum atomic E-state index is 11.2. The third kappa shape index (κ3) is 3.26. The number of methoxy groups -OCH3 is 1. The first-order valence-electron chi connectivity index (χ1n) is 4.67. The molecule has 0 atom stereocenters. The van der Waals surface area contributed by atoms with E-state index in [-0.39, 0.29) is 17.8 Å². The van der Waals surface area contributed by atoms with Crippen molar-refractivity contribution >= 4 is 17.4 Å². The number of ether oxygens (including phenoxy) is 1. The number of hydrogen-bond donors (Lipinski definition) is 1. The molecule has 0 heterocycles. The van der Waals surface area contributed by atoms with Crippen LogP contribution in [-0.4, -0.2) is 23.7 Å². The molecule has 17 heavy (non-hydrogen) atoms. The second-order valence-electron chi connectivity index (χ2n) is 3.17. The van der Waals surface area contributed by atoms with Gasteiger partial charge in [-0.25, -0.2) is 4.79 Å². The Bertz CT molecular complexity index is 453. The number of non-ortho nitro benzene ring substituents is 1. The Morgan fingerprint density at radius 2 is 2.06 bits per heavy atom. The van der Waals surface area contributed by atoms with Gasteiger partial charge in [-0.15, -0.1) is 0 Å². The van der Waals surface area contributed by atoms with Crippen molar-refractivity contribution in [3.63, 3.8) is 0 Å². The van der Waals surface area contributed by atoms with Gasteiger partial charge in [0, 0.05) is 18.6 Å². The van der Waals surface area contributed by atoms with E-state index in [2.05, 4.69) is 9.84 Å². The minimum atomic E-state index is -0.620. The lowest BCUT2D eigenvalue weighted by Gasteiger charge is -2.02. The molecule has 2 N–H and O–H groups in total. The molecule has 0 radical (unpaired) electrons. The van der Waals surface area contributed by atoms with Crippen molar-refractivity contribution in [3.8, 4) is 0 Å². The molecule has 0 saturated carbocycles. The standard InChI is InChI=1S/C10H11N3O4/c1-17-10(14)9(12-11)6-7-2-4-8(5-3-7)13(15)16/h2-5H,6,11H2,1H3/b12-9+. The average Bonchev–Trinajstić information content (AvgIpc) is 2.35. The number of nitrogens with zero attached hydrogens (tertiary/aromatic N) is 2. The average molecular weight is 237 g/mol. The van der Waals surface area contributed by atoms with Crippen LogP contribution in [-0.2, 0) is 16.0 Å². The molecule has 0 saturated heterocycles. The normalized spacial score (nSPS) is 11.0. The number of carbonyl (C=O) groups excluding carboxylic acids is 1. The van der Waals surface area contributed by atoms with Gasteiger partial charge in [-0.05, 0) is 5.56 Å². The summed E-state index contributed by atoms with van der Waals surface area (Å²) < 4.78 is 4.48. The molecule has 0 aliphatic carbocycles. The number of esters is 1. The molecule has 0 amide bonds. The molecule has 0 aliphatic heterocycles. The number of carbonyl (C=O) groups is 1. The Morgan fingerprint density at radius 3 is 2.47 bits per heavy atom. The van der Waals surface area contributed by atoms with Crippen LogP contribution in [0.15, 0.2) is 29.4 Å². The summed E-state index contributed by atoms with van der Waals surface area (Å²) in [4.78, 5) is 21.1. The smallest absolute Gasteiger partial charge is 0.354 e. The van der Waals surface area contributed by atoms with Crippen LogP contribution in [0.3, 0.4) is 0 Å². The van der Waals surface area contributed by atoms with E-state index in [0.29, 0.717) is 5.56 Å². The summed E-state index contributed by atoms with van der Waals surface area (Å²) in [5.41, 5.74) is 0.726. The van der Waals surface area contributed by atoms with Crippen LogP contribution in [0.2, 0.25) is 0 Å². The number of nitro groups is 1. The largest absolute Gasteiger partial charge is 0.464 e. The van der Waals surface area contributed by atoms with Crippen LogP contribution in [0, 0.1) is 10.1 Å². The SMILES string of the molecule is COC(=O)/C(Cc1ccc([N+](=O)[O-])cc1)=N/N. The first kappa shape index (κ1) is 12.6. The van der Waals surface area contributed by atoms with Gasteiger partial charge in [0.25, 0.3) is 5.69 Å². The molecule has 7 nitrogen and oxygen atoms in total. The van der Waals surface area contributed by atoms with Crippen molar-refractivity contribution in [3.05, 3.63) is 39.9 Å². The van der Waals surface area contributed by atoms with Gasteiger partial charge in [0.15, 0.2) is 0 Å². The first-order valence-corrected chi connectivity index (χ1v) is 4.67. The molecule has 0 bridgehead atoms. The van der Waals surface area contributed by atoms with Crippen molar-refractivity contribution in [1.29, 1.82) is 0 Å². The molecule has 7 heteroatoms. The summed E-state index contributed by atoms with van der Waals surface area (Å²) in [6, 6.07) is 5.76. The molecule has 0 spiro atoms. The minimum absolute atomic E-state index is 0.0157. The Balaban J connectivity index is 2.82. The van der Waals surface area contributed by atoms with Crippen LogP contribution >= 0.6 is 0 Å². The van der Waals surface area contributed by atoms with Crippen LogP contribution in [0.25, 0.3) is 0 Å². The maximum absolute atomic E-state index is 11.2. The van der Waals surface area contributed by atoms with Gasteiger partial charge >= 0.3 is 5.97 Å². The first-order chi connectivity index (χ1) is 8.08. The van der Waals surface area contributed by atoms with Gasteiger partial charge in [0.1, 0.15) is 5.71 Å². The number of rotatable bonds is 4. The lowest BCUT2D eigenvalue weighted by atomic mass is 10.1. The van der Waals surface area contributed by atoms with E-state index in [0.717, 1.165) is 0 Å². The zero-order valence-electron chi connectivity index (χ0n) is 9.12. The van der Waals surface area contributed by atoms with Crippen molar-refractivity contribution in [1.82, 2.24) is 0 Å². The van der Waals surface area contributed by atoms with Gasteiger partial charge in [0.2, 0.25) is 0 Å². The zero-order chi connectivity index (χ0) is 12.8. The van der Waals surface area contributed by atoms with Crippen LogP contribution < -0.4 is 5.84 Å². The molecule has 1 rings (SSSR count). The number of hydrogen-bond acceptors (Lipinski definition) is 6. The molecule has 0 aromatic heterocycles. The summed E-state index contributed by atoms with van der Waals surface area (Å²) >= 11 is 0. The van der Waals surface area contributed by atoms with E-state index in [4.69, 9.17) is 5.84 Å². The summed E-state index contributed by atoms with van der Waals surface area (Å²) in [6.45, 7) is 0. The molecule has 1 aromatic rings. The lowest BCUT2D eigenvalue weighted by Crippen LogP contribution is -2.20. The van der Waals surface area contributed by atoms with Gasteiger partial charge in [-0.1, -0.05) is 12.1 Å². The number of benzene rings is 1. The van der Waals surface area contributed by atoms with Crippen LogP contribution in [0.5, 0.6) is 0 Å². The fraction of sp³-hybridized carbons (Fsp3) is 0.200. The fourth-order valence-corrected chi connectivity index (χ4v) is 1.22. The van der Waals surface area contributed by atoms with Gasteiger partial charge < -0.3 is 10.6 Å². The molecule has 0 fully saturated rings. The second kappa shape index (κ2) is 5.59. The molecule has 0 unspecified atom stereocenters. The Labute approximate surface area is 97.0 Å². The highest BCUT2D eigenvalue weighted by Crippen LogP contribution is 2.12. The molecule has 0 aliphatic rings. The van der Waals surface area contributed by atoms with Crippen molar-refractivity contribution < 1.29 is 14.5 Å². The maximum Gasteiger partial charge on any atom is 0.354 e. The third-order valence-electron chi connectivity index (χ3n) is 2.10. The molecule has 90 valence electrons. The minimum Gasteiger partial charge on any atom is -0.464 e. The monoisotopic (exact) mass is 237 g/mol. The molecular formula is C10H11N3O4. The molecular weight excluding hydrogens is 226 g/mol. The van der Waals surface area contributed by atoms with Crippen LogP contribution in [0.1, 0.15) is 5.56 Å². The Morgan fingerprint density at radius 1 is 1.47 bits per heavy atom. The topological polar surface area (TPSA) is 108 Å². The van der Waals surface area contributed by atoms with Crippen molar-refractivity contribution in [2.45, 2.75) is 6.42 Å². The van der Waals surface area contributed by atoms with E-state index in [1.165, 1.54) is 31.4 Å². The summed E-state index contributed by atoms with van der Waals surface area (Å²) in [7, 11) is 1.23. The Kier molecular flexibility index (Phi) is 4.15. The van der Waals surface area contributed by atoms with E-state index >= 15 is 0 Å². The number of nitrogens with two attached hydrogens (primary N) is 1. The highest BCUT2D eigenvalue weighted by atomic mass is 16.6. The van der Waals surface area contributed by atoms with E-state index < -0.39 is 10.9 Å². The number of nitro benzene ring substituents is 1. The number of hydrazone groups is 1. The van der Waals surface area contributed by atoms with E-state index in [1.807, 2.05) is 0 Å². The predicted octanol–water partition coefficient (Wildman–Crippen LogP) is 0.625. The van der Waals surface area contributed by atoms with Crippen molar-refractivity contribution in [2.75, 3.05) is 7.11 Å². The Hall–Kier alpha value is -2.44. The van der Waals surface area contributed by atoms with E-state index in [1.54, 1.807) is 0 Å². The molecule has 1 aromatic carbocycles. The van der Waals surface area contributed by atoms with Gasteiger partial charge in [-0.3, -0.25) is 10.1 Å². The van der Waals surface area contributed by atoms with Gasteiger partial charge in [0.05, 0.1) is 12.0 Å². The summed E-state index contributed by atoms with van der Waals surface area (Å²) in [5, 5.41) is 13.8. The third-order valence-corrected chi connectivity index (χ3v) is 2.10. The second-order valence-corrected chi connectivity index (χ2v) is 3.17. The van der Waals surface area contributed by atoms with Gasteiger partial charge in [-0.2, -0.15) is 5.10 Å². The highest BCUT2D eigenvalue weighted by molar-refractivity contribution is 6.36. The van der Waals surface area contributed by atoms with Crippen molar-refractivity contribution in [2.24, 2.45) is 10.9 Å². The highest BCUT2D eigenvalue weighted by Gasteiger charge is 2.13. The fourth-order valence-electron chi connectivity index (χ4n) is 1.22. The zero-order valence-corrected chi connectivity index (χ0v) is 9.12. The predicted molar refractivity (Wildman–Crippen MR) is 60.4 cm³/mol. The summed E-state index contributed by atoms with van der Waals surface area (Å²) in [5.74, 6) is 4.43.